The molecule has 35 heavy (non-hydrogen) atoms. The maximum Gasteiger partial charge on any atom is 0.189 e. The number of hydrogen-bond acceptors (Lipinski definition) is 8. The zero-order valence-electron chi connectivity index (χ0n) is 20.2. The van der Waals surface area contributed by atoms with Gasteiger partial charge < -0.3 is 14.7 Å². The van der Waals surface area contributed by atoms with Crippen molar-refractivity contribution >= 4 is 22.7 Å². The van der Waals surface area contributed by atoms with E-state index in [9.17, 15) is 5.11 Å². The van der Waals surface area contributed by atoms with Crippen molar-refractivity contribution in [2.75, 3.05) is 25.1 Å². The van der Waals surface area contributed by atoms with Crippen LogP contribution in [0.25, 0.3) is 22.4 Å². The fourth-order valence-corrected chi connectivity index (χ4v) is 4.48. The molecule has 10 heteroatoms. The Balaban J connectivity index is 1.66. The van der Waals surface area contributed by atoms with Gasteiger partial charge in [-0.1, -0.05) is 0 Å². The van der Waals surface area contributed by atoms with Gasteiger partial charge in [-0.15, -0.1) is 0 Å². The van der Waals surface area contributed by atoms with Crippen LogP contribution in [0.3, 0.4) is 0 Å². The van der Waals surface area contributed by atoms with Crippen molar-refractivity contribution in [3.63, 3.8) is 0 Å². The minimum absolute atomic E-state index is 0.0928. The number of halogens is 1. The van der Waals surface area contributed by atoms with Crippen LogP contribution in [0.1, 0.15) is 25.0 Å². The summed E-state index contributed by atoms with van der Waals surface area (Å²) in [4.78, 5) is 18.1. The van der Waals surface area contributed by atoms with E-state index >= 15 is 4.39 Å². The number of anilines is 2. The van der Waals surface area contributed by atoms with Crippen molar-refractivity contribution in [1.29, 1.82) is 0 Å². The molecule has 0 atom stereocenters. The second-order valence-corrected chi connectivity index (χ2v) is 8.92. The molecule has 0 radical (unpaired) electrons. The van der Waals surface area contributed by atoms with Gasteiger partial charge in [0.25, 0.3) is 0 Å². The van der Waals surface area contributed by atoms with Gasteiger partial charge in [0.15, 0.2) is 17.2 Å². The second kappa shape index (κ2) is 9.20. The molecular weight excluding hydrogens is 449 g/mol. The molecular formula is C25H28FN7O2. The third kappa shape index (κ3) is 4.19. The number of ether oxygens (including phenoxy) is 1. The van der Waals surface area contributed by atoms with Crippen molar-refractivity contribution in [2.45, 2.75) is 33.0 Å². The third-order valence-corrected chi connectivity index (χ3v) is 6.43. The first-order valence-electron chi connectivity index (χ1n) is 11.5. The molecule has 182 valence electrons. The van der Waals surface area contributed by atoms with E-state index in [2.05, 4.69) is 28.8 Å². The van der Waals surface area contributed by atoms with Gasteiger partial charge in [-0.2, -0.15) is 5.10 Å². The fourth-order valence-electron chi connectivity index (χ4n) is 4.48. The van der Waals surface area contributed by atoms with Crippen LogP contribution >= 0.6 is 0 Å². The van der Waals surface area contributed by atoms with Crippen LogP contribution in [0.2, 0.25) is 0 Å². The fraction of sp³-hybridized carbons (Fsp3) is 0.360. The van der Waals surface area contributed by atoms with Crippen LogP contribution < -0.4 is 9.64 Å². The number of aliphatic hydroxyl groups excluding tert-OH is 1. The van der Waals surface area contributed by atoms with Crippen LogP contribution in [-0.2, 0) is 20.2 Å². The summed E-state index contributed by atoms with van der Waals surface area (Å²) in [5.41, 5.74) is 4.34. The van der Waals surface area contributed by atoms with E-state index in [4.69, 9.17) is 14.7 Å². The van der Waals surface area contributed by atoms with Gasteiger partial charge in [0.1, 0.15) is 11.3 Å². The highest BCUT2D eigenvalue weighted by molar-refractivity contribution is 5.78. The van der Waals surface area contributed by atoms with Crippen LogP contribution in [0.5, 0.6) is 5.75 Å². The lowest BCUT2D eigenvalue weighted by molar-refractivity contribution is 0.220. The number of aromatic nitrogens is 5. The molecule has 0 bridgehead atoms. The predicted molar refractivity (Wildman–Crippen MR) is 131 cm³/mol. The van der Waals surface area contributed by atoms with Crippen molar-refractivity contribution in [1.82, 2.24) is 29.6 Å². The molecule has 1 aliphatic heterocycles. The Hall–Kier alpha value is -3.63. The van der Waals surface area contributed by atoms with Gasteiger partial charge in [0.2, 0.25) is 0 Å². The number of fused-ring (bicyclic) bond motifs is 2. The van der Waals surface area contributed by atoms with Crippen molar-refractivity contribution in [3.8, 4) is 17.0 Å². The van der Waals surface area contributed by atoms with E-state index in [0.717, 1.165) is 11.1 Å². The maximum atomic E-state index is 15.8. The lowest BCUT2D eigenvalue weighted by Gasteiger charge is -2.26. The van der Waals surface area contributed by atoms with Gasteiger partial charge in [-0.05, 0) is 43.2 Å². The van der Waals surface area contributed by atoms with Crippen LogP contribution in [-0.4, -0.2) is 61.0 Å². The van der Waals surface area contributed by atoms with Crippen molar-refractivity contribution in [2.24, 2.45) is 7.05 Å². The van der Waals surface area contributed by atoms with E-state index < -0.39 is 5.82 Å². The number of aryl methyl sites for hydroxylation is 1. The van der Waals surface area contributed by atoms with Crippen LogP contribution in [0.4, 0.5) is 15.9 Å². The predicted octanol–water partition coefficient (Wildman–Crippen LogP) is 3.43. The molecule has 0 fully saturated rings. The summed E-state index contributed by atoms with van der Waals surface area (Å²) in [5, 5.41) is 14.3. The average molecular weight is 478 g/mol. The number of nitrogens with zero attached hydrogens (tertiary/aromatic N) is 7. The van der Waals surface area contributed by atoms with Gasteiger partial charge in [-0.3, -0.25) is 14.6 Å². The Bertz CT molecular complexity index is 1390. The summed E-state index contributed by atoms with van der Waals surface area (Å²) in [7, 11) is 3.27. The monoisotopic (exact) mass is 477 g/mol. The molecule has 0 aliphatic carbocycles. The zero-order chi connectivity index (χ0) is 24.7. The summed E-state index contributed by atoms with van der Waals surface area (Å²) < 4.78 is 22.8. The van der Waals surface area contributed by atoms with Gasteiger partial charge in [0, 0.05) is 44.5 Å². The van der Waals surface area contributed by atoms with E-state index in [-0.39, 0.29) is 18.4 Å². The normalized spacial score (nSPS) is 14.4. The van der Waals surface area contributed by atoms with Gasteiger partial charge in [-0.25, -0.2) is 14.4 Å². The SMILES string of the molecule is COc1cc(CO)c2c(c1F)N(c1ccc3ncc(-c4cnn(C)c4)nc3n1)CCN(C(C)C)C2. The lowest BCUT2D eigenvalue weighted by Crippen LogP contribution is -2.34. The number of pyridine rings is 1. The number of aliphatic hydroxyl groups is 1. The standard InChI is InChI=1S/C25H28FN7O2/c1-15(2)32-7-8-33(24-18(13-32)16(14-34)9-21(35-4)23(24)26)22-6-5-19-25(30-22)29-20(11-27-19)17-10-28-31(3)12-17/h5-6,9-12,15,34H,7-8,13-14H2,1-4H3. The topological polar surface area (TPSA) is 92.4 Å². The average Bonchev–Trinajstić information content (AvgIpc) is 3.19. The second-order valence-electron chi connectivity index (χ2n) is 8.92. The molecule has 0 unspecified atom stereocenters. The minimum Gasteiger partial charge on any atom is -0.494 e. The Morgan fingerprint density at radius 3 is 2.69 bits per heavy atom. The summed E-state index contributed by atoms with van der Waals surface area (Å²) in [6, 6.07) is 5.49. The molecule has 3 aromatic heterocycles. The first-order valence-corrected chi connectivity index (χ1v) is 11.5. The van der Waals surface area contributed by atoms with Crippen molar-refractivity contribution in [3.05, 3.63) is 53.7 Å². The quantitative estimate of drug-likeness (QED) is 0.468. The number of benzene rings is 1. The highest BCUT2D eigenvalue weighted by Gasteiger charge is 2.30. The van der Waals surface area contributed by atoms with E-state index in [1.54, 1.807) is 23.1 Å². The Kier molecular flexibility index (Phi) is 6.08. The van der Waals surface area contributed by atoms with Gasteiger partial charge in [0.05, 0.1) is 37.5 Å². The Morgan fingerprint density at radius 2 is 2.00 bits per heavy atom. The first-order chi connectivity index (χ1) is 16.9. The maximum absolute atomic E-state index is 15.8. The molecule has 4 heterocycles. The Morgan fingerprint density at radius 1 is 1.17 bits per heavy atom. The largest absolute Gasteiger partial charge is 0.494 e. The molecule has 1 aliphatic rings. The smallest absolute Gasteiger partial charge is 0.189 e. The lowest BCUT2D eigenvalue weighted by atomic mass is 10.0. The summed E-state index contributed by atoms with van der Waals surface area (Å²) in [5.74, 6) is 0.177. The molecule has 4 aromatic rings. The number of rotatable bonds is 5. The first kappa shape index (κ1) is 23.1. The van der Waals surface area contributed by atoms with E-state index in [1.807, 2.05) is 30.3 Å². The molecule has 0 saturated carbocycles. The molecule has 5 rings (SSSR count). The van der Waals surface area contributed by atoms with E-state index in [1.165, 1.54) is 7.11 Å². The molecule has 9 nitrogen and oxygen atoms in total. The van der Waals surface area contributed by atoms with Crippen LogP contribution in [0.15, 0.2) is 36.8 Å². The minimum atomic E-state index is -0.470. The number of hydrogen-bond donors (Lipinski definition) is 1. The summed E-state index contributed by atoms with van der Waals surface area (Å²) in [6.45, 7) is 5.71. The highest BCUT2D eigenvalue weighted by Crippen LogP contribution is 2.40. The zero-order valence-corrected chi connectivity index (χ0v) is 20.2. The number of methoxy groups -OCH3 is 1. The summed E-state index contributed by atoms with van der Waals surface area (Å²) >= 11 is 0. The van der Waals surface area contributed by atoms with Gasteiger partial charge >= 0.3 is 0 Å². The van der Waals surface area contributed by atoms with Crippen LogP contribution in [0, 0.1) is 5.82 Å². The highest BCUT2D eigenvalue weighted by atomic mass is 19.1. The Labute approximate surface area is 202 Å². The van der Waals surface area contributed by atoms with Crippen molar-refractivity contribution < 1.29 is 14.2 Å². The van der Waals surface area contributed by atoms with E-state index in [0.29, 0.717) is 53.6 Å². The molecule has 0 amide bonds. The molecule has 0 spiro atoms. The molecule has 1 N–H and O–H groups in total. The third-order valence-electron chi connectivity index (χ3n) is 6.43. The molecule has 0 saturated heterocycles. The molecule has 1 aromatic carbocycles. The summed E-state index contributed by atoms with van der Waals surface area (Å²) in [6.07, 6.45) is 5.28.